The summed E-state index contributed by atoms with van der Waals surface area (Å²) in [4.78, 5) is 47.4. The van der Waals surface area contributed by atoms with E-state index in [9.17, 15) is 19.2 Å². The molecule has 0 saturated carbocycles. The number of anilines is 1. The molecule has 0 aliphatic rings. The van der Waals surface area contributed by atoms with Crippen LogP contribution in [0.15, 0.2) is 53.4 Å². The summed E-state index contributed by atoms with van der Waals surface area (Å²) in [5.74, 6) is -2.09. The minimum absolute atomic E-state index is 0.0719. The van der Waals surface area contributed by atoms with Crippen LogP contribution >= 0.6 is 11.8 Å². The van der Waals surface area contributed by atoms with Gasteiger partial charge in [0.05, 0.1) is 11.4 Å². The standard InChI is InChI=1S/C20H21N3O5S/c1-13-5-4-6-14(9-13)20(27)22-10-19(26)28-11-18(25)23-15-7-2-3-8-16(15)29-12-17(21)24/h2-9H,10-12H2,1H3,(H2,21,24)(H,22,27)(H,23,25). The van der Waals surface area contributed by atoms with Gasteiger partial charge in [0.25, 0.3) is 11.8 Å². The molecule has 0 radical (unpaired) electrons. The molecule has 152 valence electrons. The lowest BCUT2D eigenvalue weighted by Crippen LogP contribution is -2.32. The van der Waals surface area contributed by atoms with Gasteiger partial charge in [0.15, 0.2) is 6.61 Å². The zero-order valence-corrected chi connectivity index (χ0v) is 16.6. The lowest BCUT2D eigenvalue weighted by atomic mass is 10.1. The smallest absolute Gasteiger partial charge is 0.325 e. The van der Waals surface area contributed by atoms with E-state index >= 15 is 0 Å². The molecule has 8 nitrogen and oxygen atoms in total. The molecule has 0 fully saturated rings. The van der Waals surface area contributed by atoms with Gasteiger partial charge in [-0.05, 0) is 31.2 Å². The Bertz CT molecular complexity index is 916. The van der Waals surface area contributed by atoms with Crippen LogP contribution in [-0.4, -0.2) is 42.6 Å². The van der Waals surface area contributed by atoms with Crippen LogP contribution in [0, 0.1) is 6.92 Å². The molecule has 0 spiro atoms. The predicted molar refractivity (Wildman–Crippen MR) is 109 cm³/mol. The molecule has 0 bridgehead atoms. The van der Waals surface area contributed by atoms with Crippen LogP contribution in [-0.2, 0) is 19.1 Å². The van der Waals surface area contributed by atoms with Crippen molar-refractivity contribution in [3.63, 3.8) is 0 Å². The van der Waals surface area contributed by atoms with Crippen molar-refractivity contribution in [1.29, 1.82) is 0 Å². The first-order valence-electron chi connectivity index (χ1n) is 8.65. The van der Waals surface area contributed by atoms with E-state index in [0.717, 1.165) is 5.56 Å². The van der Waals surface area contributed by atoms with Gasteiger partial charge in [-0.3, -0.25) is 19.2 Å². The Morgan fingerprint density at radius 3 is 2.55 bits per heavy atom. The van der Waals surface area contributed by atoms with E-state index in [0.29, 0.717) is 16.1 Å². The van der Waals surface area contributed by atoms with Crippen molar-refractivity contribution in [3.05, 3.63) is 59.7 Å². The summed E-state index contributed by atoms with van der Waals surface area (Å²) in [7, 11) is 0. The fraction of sp³-hybridized carbons (Fsp3) is 0.200. The van der Waals surface area contributed by atoms with Gasteiger partial charge in [0.2, 0.25) is 5.91 Å². The molecule has 0 heterocycles. The van der Waals surface area contributed by atoms with Crippen LogP contribution in [0.2, 0.25) is 0 Å². The number of para-hydroxylation sites is 1. The van der Waals surface area contributed by atoms with Gasteiger partial charge in [-0.25, -0.2) is 0 Å². The van der Waals surface area contributed by atoms with Gasteiger partial charge in [0, 0.05) is 10.5 Å². The third-order valence-electron chi connectivity index (χ3n) is 3.57. The highest BCUT2D eigenvalue weighted by Crippen LogP contribution is 2.26. The van der Waals surface area contributed by atoms with Gasteiger partial charge in [0.1, 0.15) is 6.54 Å². The van der Waals surface area contributed by atoms with Crippen molar-refractivity contribution in [3.8, 4) is 0 Å². The number of rotatable bonds is 9. The maximum atomic E-state index is 12.0. The van der Waals surface area contributed by atoms with Crippen molar-refractivity contribution in [2.24, 2.45) is 5.73 Å². The number of nitrogens with one attached hydrogen (secondary N) is 2. The molecule has 3 amide bonds. The molecular formula is C20H21N3O5S. The second-order valence-electron chi connectivity index (χ2n) is 6.01. The van der Waals surface area contributed by atoms with Gasteiger partial charge in [-0.2, -0.15) is 0 Å². The highest BCUT2D eigenvalue weighted by molar-refractivity contribution is 8.00. The first-order chi connectivity index (χ1) is 13.8. The van der Waals surface area contributed by atoms with E-state index in [1.807, 2.05) is 13.0 Å². The molecule has 0 aliphatic heterocycles. The summed E-state index contributed by atoms with van der Waals surface area (Å²) in [6, 6.07) is 13.8. The average molecular weight is 415 g/mol. The first kappa shape index (κ1) is 22.0. The molecule has 0 aliphatic carbocycles. The Kier molecular flexibility index (Phi) is 8.23. The quantitative estimate of drug-likeness (QED) is 0.420. The van der Waals surface area contributed by atoms with Crippen LogP contribution in [0.25, 0.3) is 0 Å². The molecule has 0 aromatic heterocycles. The highest BCUT2D eigenvalue weighted by Gasteiger charge is 2.12. The van der Waals surface area contributed by atoms with Crippen LogP contribution in [0.3, 0.4) is 0 Å². The largest absolute Gasteiger partial charge is 0.454 e. The molecule has 0 saturated heterocycles. The Balaban J connectivity index is 1.78. The molecular weight excluding hydrogens is 394 g/mol. The number of aryl methyl sites for hydroxylation is 1. The molecule has 0 unspecified atom stereocenters. The van der Waals surface area contributed by atoms with Crippen LogP contribution < -0.4 is 16.4 Å². The Morgan fingerprint density at radius 2 is 1.83 bits per heavy atom. The number of hydrogen-bond acceptors (Lipinski definition) is 6. The normalized spacial score (nSPS) is 10.1. The Hall–Kier alpha value is -3.33. The van der Waals surface area contributed by atoms with E-state index in [1.165, 1.54) is 11.8 Å². The summed E-state index contributed by atoms with van der Waals surface area (Å²) in [5.41, 5.74) is 6.96. The number of amides is 3. The fourth-order valence-electron chi connectivity index (χ4n) is 2.27. The zero-order chi connectivity index (χ0) is 21.2. The van der Waals surface area contributed by atoms with Crippen molar-refractivity contribution in [2.45, 2.75) is 11.8 Å². The Morgan fingerprint density at radius 1 is 1.07 bits per heavy atom. The minimum atomic E-state index is -0.738. The third kappa shape index (κ3) is 7.67. The molecule has 2 aromatic rings. The summed E-state index contributed by atoms with van der Waals surface area (Å²) >= 11 is 1.19. The maximum absolute atomic E-state index is 12.0. The number of carbonyl (C=O) groups excluding carboxylic acids is 4. The third-order valence-corrected chi connectivity index (χ3v) is 4.66. The molecule has 2 rings (SSSR count). The lowest BCUT2D eigenvalue weighted by Gasteiger charge is -2.11. The SMILES string of the molecule is Cc1cccc(C(=O)NCC(=O)OCC(=O)Nc2ccccc2SCC(N)=O)c1. The lowest BCUT2D eigenvalue weighted by molar-refractivity contribution is -0.146. The van der Waals surface area contributed by atoms with Crippen molar-refractivity contribution >= 4 is 41.1 Å². The Labute approximate surface area is 172 Å². The van der Waals surface area contributed by atoms with E-state index in [4.69, 9.17) is 10.5 Å². The number of ether oxygens (including phenoxy) is 1. The van der Waals surface area contributed by atoms with Crippen LogP contribution in [0.4, 0.5) is 5.69 Å². The van der Waals surface area contributed by atoms with E-state index in [2.05, 4.69) is 10.6 Å². The number of carbonyl (C=O) groups is 4. The fourth-order valence-corrected chi connectivity index (χ4v) is 3.02. The summed E-state index contributed by atoms with van der Waals surface area (Å²) in [6.45, 7) is 0.993. The average Bonchev–Trinajstić information content (AvgIpc) is 2.69. The number of nitrogens with two attached hydrogens (primary N) is 1. The molecule has 4 N–H and O–H groups in total. The monoisotopic (exact) mass is 415 g/mol. The first-order valence-corrected chi connectivity index (χ1v) is 9.64. The maximum Gasteiger partial charge on any atom is 0.325 e. The predicted octanol–water partition coefficient (Wildman–Crippen LogP) is 1.48. The van der Waals surface area contributed by atoms with E-state index in [-0.39, 0.29) is 12.3 Å². The number of esters is 1. The summed E-state index contributed by atoms with van der Waals surface area (Å²) in [5, 5.41) is 5.05. The van der Waals surface area contributed by atoms with Gasteiger partial charge < -0.3 is 21.1 Å². The summed E-state index contributed by atoms with van der Waals surface area (Å²) in [6.07, 6.45) is 0. The van der Waals surface area contributed by atoms with Gasteiger partial charge in [-0.15, -0.1) is 11.8 Å². The van der Waals surface area contributed by atoms with Crippen molar-refractivity contribution in [2.75, 3.05) is 24.2 Å². The van der Waals surface area contributed by atoms with E-state index in [1.54, 1.807) is 42.5 Å². The van der Waals surface area contributed by atoms with E-state index < -0.39 is 30.3 Å². The molecule has 29 heavy (non-hydrogen) atoms. The topological polar surface area (TPSA) is 128 Å². The van der Waals surface area contributed by atoms with Crippen molar-refractivity contribution in [1.82, 2.24) is 5.32 Å². The zero-order valence-electron chi connectivity index (χ0n) is 15.8. The molecule has 0 atom stereocenters. The van der Waals surface area contributed by atoms with Crippen LogP contribution in [0.1, 0.15) is 15.9 Å². The second-order valence-corrected chi connectivity index (χ2v) is 7.03. The number of thioether (sulfide) groups is 1. The van der Waals surface area contributed by atoms with Gasteiger partial charge >= 0.3 is 5.97 Å². The van der Waals surface area contributed by atoms with Crippen molar-refractivity contribution < 1.29 is 23.9 Å². The number of primary amides is 1. The van der Waals surface area contributed by atoms with Crippen LogP contribution in [0.5, 0.6) is 0 Å². The molecule has 9 heteroatoms. The highest BCUT2D eigenvalue weighted by atomic mass is 32.2. The number of hydrogen-bond donors (Lipinski definition) is 3. The number of benzene rings is 2. The summed E-state index contributed by atoms with van der Waals surface area (Å²) < 4.78 is 4.88. The molecule has 2 aromatic carbocycles. The second kappa shape index (κ2) is 10.9. The van der Waals surface area contributed by atoms with Gasteiger partial charge in [-0.1, -0.05) is 29.8 Å². The minimum Gasteiger partial charge on any atom is -0.454 e.